The smallest absolute Gasteiger partial charge is 0.169 e. The quantitative estimate of drug-likeness (QED) is 0.478. The second kappa shape index (κ2) is 4.45. The molecule has 0 N–H and O–H groups in total. The fourth-order valence-corrected chi connectivity index (χ4v) is 0.743. The monoisotopic (exact) mass is 201 g/mol. The Morgan fingerprint density at radius 2 is 1.80 bits per heavy atom. The predicted molar refractivity (Wildman–Crippen MR) is 37.0 cm³/mol. The van der Waals surface area contributed by atoms with Crippen LogP contribution in [0.5, 0.6) is 0 Å². The van der Waals surface area contributed by atoms with Gasteiger partial charge in [-0.25, -0.2) is 4.57 Å². The van der Waals surface area contributed by atoms with Gasteiger partial charge < -0.3 is 17.0 Å². The Bertz CT molecular complexity index is 181. The number of rotatable bonds is 1. The highest BCUT2D eigenvalue weighted by Gasteiger charge is 1.90. The van der Waals surface area contributed by atoms with Gasteiger partial charge in [-0.05, 0) is 19.4 Å². The lowest BCUT2D eigenvalue weighted by atomic mass is 10.3. The van der Waals surface area contributed by atoms with Crippen LogP contribution in [0, 0.1) is 6.92 Å². The lowest BCUT2D eigenvalue weighted by Crippen LogP contribution is -3.00. The number of hydrogen-bond acceptors (Lipinski definition) is 0. The van der Waals surface area contributed by atoms with Gasteiger partial charge in [0.2, 0.25) is 0 Å². The van der Waals surface area contributed by atoms with Crippen molar-refractivity contribution in [2.24, 2.45) is 0 Å². The summed E-state index contributed by atoms with van der Waals surface area (Å²) in [5.74, 6) is 0. The number of halogens is 1. The van der Waals surface area contributed by atoms with Gasteiger partial charge in [0.25, 0.3) is 0 Å². The number of pyridine rings is 1. The zero-order chi connectivity index (χ0) is 6.69. The lowest BCUT2D eigenvalue weighted by molar-refractivity contribution is -0.693. The molecular formula is C8H12BrN. The van der Waals surface area contributed by atoms with Gasteiger partial charge in [0.1, 0.15) is 6.54 Å². The van der Waals surface area contributed by atoms with Crippen molar-refractivity contribution in [3.05, 3.63) is 30.1 Å². The minimum absolute atomic E-state index is 0. The second-order valence-electron chi connectivity index (χ2n) is 2.21. The van der Waals surface area contributed by atoms with E-state index in [2.05, 4.69) is 42.9 Å². The molecule has 0 aromatic carbocycles. The topological polar surface area (TPSA) is 3.88 Å². The maximum absolute atomic E-state index is 2.15. The highest BCUT2D eigenvalue weighted by Crippen LogP contribution is 1.88. The van der Waals surface area contributed by atoms with Crippen LogP contribution in [0.4, 0.5) is 0 Å². The third kappa shape index (κ3) is 2.48. The van der Waals surface area contributed by atoms with Crippen molar-refractivity contribution < 1.29 is 21.5 Å². The van der Waals surface area contributed by atoms with Crippen LogP contribution in [0.25, 0.3) is 0 Å². The summed E-state index contributed by atoms with van der Waals surface area (Å²) in [6, 6.07) is 4.23. The number of hydrogen-bond donors (Lipinski definition) is 0. The SMILES string of the molecule is CC[n+]1ccc(C)cc1.[Br-]. The van der Waals surface area contributed by atoms with Gasteiger partial charge in [-0.1, -0.05) is 0 Å². The third-order valence-corrected chi connectivity index (χ3v) is 1.42. The van der Waals surface area contributed by atoms with Crippen LogP contribution >= 0.6 is 0 Å². The summed E-state index contributed by atoms with van der Waals surface area (Å²) in [7, 11) is 0. The van der Waals surface area contributed by atoms with Gasteiger partial charge in [-0.3, -0.25) is 0 Å². The summed E-state index contributed by atoms with van der Waals surface area (Å²) in [4.78, 5) is 0. The van der Waals surface area contributed by atoms with Crippen molar-refractivity contribution in [2.45, 2.75) is 20.4 Å². The molecule has 0 spiro atoms. The first-order valence-electron chi connectivity index (χ1n) is 3.28. The minimum Gasteiger partial charge on any atom is -1.00 e. The molecule has 0 aliphatic carbocycles. The molecule has 56 valence electrons. The standard InChI is InChI=1S/C8H12N.BrH/c1-3-9-6-4-8(2)5-7-9;/h4-7H,3H2,1-2H3;1H/q+1;/p-1. The first kappa shape index (κ1) is 9.63. The highest BCUT2D eigenvalue weighted by atomic mass is 79.9. The molecule has 1 nitrogen and oxygen atoms in total. The van der Waals surface area contributed by atoms with Crippen molar-refractivity contribution >= 4 is 0 Å². The molecule has 0 unspecified atom stereocenters. The predicted octanol–water partition coefficient (Wildman–Crippen LogP) is -1.69. The van der Waals surface area contributed by atoms with Crippen molar-refractivity contribution in [1.29, 1.82) is 0 Å². The summed E-state index contributed by atoms with van der Waals surface area (Å²) in [5.41, 5.74) is 1.32. The Hall–Kier alpha value is -0.370. The Kier molecular flexibility index (Phi) is 4.28. The van der Waals surface area contributed by atoms with Crippen LogP contribution in [0.2, 0.25) is 0 Å². The van der Waals surface area contributed by atoms with Gasteiger partial charge in [0, 0.05) is 12.1 Å². The first-order valence-corrected chi connectivity index (χ1v) is 3.28. The van der Waals surface area contributed by atoms with Gasteiger partial charge in [0.05, 0.1) is 0 Å². The number of aromatic nitrogens is 1. The van der Waals surface area contributed by atoms with E-state index in [1.807, 2.05) is 0 Å². The molecule has 0 amide bonds. The third-order valence-electron chi connectivity index (χ3n) is 1.42. The van der Waals surface area contributed by atoms with Crippen LogP contribution < -0.4 is 21.5 Å². The van der Waals surface area contributed by atoms with Gasteiger partial charge in [0.15, 0.2) is 12.4 Å². The lowest BCUT2D eigenvalue weighted by Gasteiger charge is -1.89. The van der Waals surface area contributed by atoms with Gasteiger partial charge >= 0.3 is 0 Å². The largest absolute Gasteiger partial charge is 1.00 e. The van der Waals surface area contributed by atoms with Crippen molar-refractivity contribution in [2.75, 3.05) is 0 Å². The van der Waals surface area contributed by atoms with E-state index >= 15 is 0 Å². The molecule has 0 bridgehead atoms. The first-order chi connectivity index (χ1) is 4.33. The van der Waals surface area contributed by atoms with Crippen LogP contribution in [-0.4, -0.2) is 0 Å². The minimum atomic E-state index is 0. The van der Waals surface area contributed by atoms with Gasteiger partial charge in [-0.2, -0.15) is 0 Å². The molecule has 0 saturated carbocycles. The van der Waals surface area contributed by atoms with Crippen molar-refractivity contribution in [1.82, 2.24) is 0 Å². The number of aryl methyl sites for hydroxylation is 2. The van der Waals surface area contributed by atoms with Gasteiger partial charge in [-0.15, -0.1) is 0 Å². The molecule has 1 heterocycles. The fraction of sp³-hybridized carbons (Fsp3) is 0.375. The Morgan fingerprint density at radius 3 is 2.20 bits per heavy atom. The molecule has 2 heteroatoms. The Labute approximate surface area is 72.5 Å². The van der Waals surface area contributed by atoms with E-state index in [0.29, 0.717) is 0 Å². The van der Waals surface area contributed by atoms with Crippen LogP contribution in [-0.2, 0) is 6.54 Å². The average molecular weight is 202 g/mol. The Balaban J connectivity index is 0.000000810. The van der Waals surface area contributed by atoms with E-state index in [9.17, 15) is 0 Å². The molecule has 0 fully saturated rings. The van der Waals surface area contributed by atoms with Crippen LogP contribution in [0.3, 0.4) is 0 Å². The summed E-state index contributed by atoms with van der Waals surface area (Å²) >= 11 is 0. The van der Waals surface area contributed by atoms with E-state index in [0.717, 1.165) is 6.54 Å². The zero-order valence-electron chi connectivity index (χ0n) is 6.34. The van der Waals surface area contributed by atoms with E-state index in [4.69, 9.17) is 0 Å². The van der Waals surface area contributed by atoms with E-state index < -0.39 is 0 Å². The number of nitrogens with zero attached hydrogens (tertiary/aromatic N) is 1. The molecule has 0 aliphatic heterocycles. The van der Waals surface area contributed by atoms with Crippen molar-refractivity contribution in [3.8, 4) is 0 Å². The summed E-state index contributed by atoms with van der Waals surface area (Å²) in [6.45, 7) is 5.29. The fourth-order valence-electron chi connectivity index (χ4n) is 0.743. The van der Waals surface area contributed by atoms with E-state index in [1.165, 1.54) is 5.56 Å². The summed E-state index contributed by atoms with van der Waals surface area (Å²) in [5, 5.41) is 0. The molecule has 0 radical (unpaired) electrons. The normalized spacial score (nSPS) is 8.60. The molecule has 0 atom stereocenters. The molecule has 1 aromatic rings. The molecule has 0 aliphatic rings. The van der Waals surface area contributed by atoms with Crippen LogP contribution in [0.1, 0.15) is 12.5 Å². The molecular weight excluding hydrogens is 190 g/mol. The molecule has 1 aromatic heterocycles. The highest BCUT2D eigenvalue weighted by molar-refractivity contribution is 5.02. The summed E-state index contributed by atoms with van der Waals surface area (Å²) < 4.78 is 2.15. The molecule has 1 rings (SSSR count). The van der Waals surface area contributed by atoms with E-state index in [1.54, 1.807) is 0 Å². The maximum Gasteiger partial charge on any atom is 0.169 e. The average Bonchev–Trinajstić information content (AvgIpc) is 1.90. The summed E-state index contributed by atoms with van der Waals surface area (Å²) in [6.07, 6.45) is 4.19. The van der Waals surface area contributed by atoms with Crippen molar-refractivity contribution in [3.63, 3.8) is 0 Å². The van der Waals surface area contributed by atoms with Crippen LogP contribution in [0.15, 0.2) is 24.5 Å². The van der Waals surface area contributed by atoms with E-state index in [-0.39, 0.29) is 17.0 Å². The second-order valence-corrected chi connectivity index (χ2v) is 2.21. The Morgan fingerprint density at radius 1 is 1.30 bits per heavy atom. The molecule has 0 saturated heterocycles. The zero-order valence-corrected chi connectivity index (χ0v) is 7.93. The molecule has 10 heavy (non-hydrogen) atoms. The maximum atomic E-state index is 2.15.